The van der Waals surface area contributed by atoms with Crippen LogP contribution in [0.5, 0.6) is 0 Å². The van der Waals surface area contributed by atoms with Gasteiger partial charge in [-0.05, 0) is 0 Å². The molecule has 0 aromatic heterocycles. The third kappa shape index (κ3) is 2.84. The lowest BCUT2D eigenvalue weighted by molar-refractivity contribution is -0.383. The Hall–Kier alpha value is -2.56. The van der Waals surface area contributed by atoms with Crippen molar-refractivity contribution in [3.05, 3.63) is 71.7 Å². The van der Waals surface area contributed by atoms with Crippen LogP contribution in [0.1, 0.15) is 23.5 Å². The largest absolute Gasteiger partial charge is 0.382 e. The second kappa shape index (κ2) is 6.80. The minimum absolute atomic E-state index is 0.392. The highest BCUT2D eigenvalue weighted by molar-refractivity contribution is 6.06. The lowest BCUT2D eigenvalue weighted by Gasteiger charge is -2.34. The van der Waals surface area contributed by atoms with Gasteiger partial charge < -0.3 is 25.2 Å². The van der Waals surface area contributed by atoms with Gasteiger partial charge in [0.05, 0.1) is 2.74 Å². The van der Waals surface area contributed by atoms with Gasteiger partial charge in [-0.15, -0.1) is 0 Å². The molecule has 2 aromatic rings. The van der Waals surface area contributed by atoms with Crippen LogP contribution in [0.3, 0.4) is 0 Å². The summed E-state index contributed by atoms with van der Waals surface area (Å²) < 4.78 is 48.8. The van der Waals surface area contributed by atoms with Crippen molar-refractivity contribution in [2.24, 2.45) is 0 Å². The van der Waals surface area contributed by atoms with Gasteiger partial charge in [-0.3, -0.25) is 9.59 Å². The van der Waals surface area contributed by atoms with Crippen LogP contribution in [-0.4, -0.2) is 61.7 Å². The van der Waals surface area contributed by atoms with Gasteiger partial charge in [0, 0.05) is 11.1 Å². The molecule has 0 spiro atoms. The molecule has 9 heteroatoms. The van der Waals surface area contributed by atoms with E-state index < -0.39 is 64.5 Å². The number of benzene rings is 2. The zero-order chi connectivity index (χ0) is 22.5. The minimum Gasteiger partial charge on any atom is -0.382 e. The first-order valence-electron chi connectivity index (χ1n) is 8.97. The molecule has 0 amide bonds. The molecule has 3 rings (SSSR count). The molecule has 5 atom stereocenters. The van der Waals surface area contributed by atoms with E-state index in [-0.39, 0.29) is 0 Å². The number of hydrogen-bond donors (Lipinski definition) is 4. The molecule has 4 N–H and O–H groups in total. The van der Waals surface area contributed by atoms with Crippen LogP contribution in [0.15, 0.2) is 60.6 Å². The molecule has 1 saturated heterocycles. The van der Waals surface area contributed by atoms with Crippen molar-refractivity contribution in [3.63, 3.8) is 0 Å². The van der Waals surface area contributed by atoms with Gasteiger partial charge in [-0.1, -0.05) is 60.6 Å². The number of rotatable bonds is 5. The van der Waals surface area contributed by atoms with Crippen LogP contribution in [-0.2, 0) is 4.74 Å². The number of aliphatic hydroxyl groups excluding tert-OH is 1. The lowest BCUT2D eigenvalue weighted by Crippen LogP contribution is -2.66. The molecule has 148 valence electrons. The normalized spacial score (nSPS) is 34.4. The summed E-state index contributed by atoms with van der Waals surface area (Å²) in [6.07, 6.45) is -5.52. The monoisotopic (exact) mass is 396 g/mol. The Balaban J connectivity index is 2.12. The number of alkyl halides is 2. The molecule has 1 aliphatic rings. The van der Waals surface area contributed by atoms with Crippen molar-refractivity contribution >= 4 is 11.6 Å². The van der Waals surface area contributed by atoms with E-state index in [1.165, 1.54) is 30.3 Å². The number of Topliss-reactive ketones (excluding diaryl/α,β-unsaturated/α-hetero) is 2. The van der Waals surface area contributed by atoms with E-state index in [1.807, 2.05) is 0 Å². The number of carbonyl (C=O) groups is 2. The van der Waals surface area contributed by atoms with Crippen molar-refractivity contribution in [1.29, 1.82) is 0 Å². The highest BCUT2D eigenvalue weighted by Gasteiger charge is 2.81. The first-order chi connectivity index (χ1) is 13.9. The fourth-order valence-corrected chi connectivity index (χ4v) is 2.91. The maximum Gasteiger partial charge on any atom is 0.382 e. The standard InChI is InChI=1S/C19H16F2O7/c20-18(26)17(25,15(24)12-9-5-2-6-10-12)16(28-19(18,21)27)14(23)13(22)11-7-3-1-4-8-11/h1-10,14,16,23,25-27H/t14?,16-,17-,18-,19?/m1/s1/i7D,9D. The van der Waals surface area contributed by atoms with Gasteiger partial charge in [0.1, 0.15) is 12.2 Å². The molecular weight excluding hydrogens is 378 g/mol. The first-order valence-corrected chi connectivity index (χ1v) is 7.97. The number of ether oxygens (including phenoxy) is 1. The molecule has 0 radical (unpaired) electrons. The fraction of sp³-hybridized carbons (Fsp3) is 0.263. The average molecular weight is 396 g/mol. The van der Waals surface area contributed by atoms with Crippen molar-refractivity contribution in [1.82, 2.24) is 0 Å². The number of carbonyl (C=O) groups excluding carboxylic acids is 2. The van der Waals surface area contributed by atoms with Crippen LogP contribution in [0.25, 0.3) is 0 Å². The summed E-state index contributed by atoms with van der Waals surface area (Å²) in [6.45, 7) is 0. The van der Waals surface area contributed by atoms with E-state index in [2.05, 4.69) is 4.74 Å². The molecule has 2 unspecified atom stereocenters. The summed E-state index contributed by atoms with van der Waals surface area (Å²) in [4.78, 5) is 25.4. The van der Waals surface area contributed by atoms with E-state index in [4.69, 9.17) is 2.74 Å². The molecule has 1 aliphatic heterocycles. The zero-order valence-corrected chi connectivity index (χ0v) is 14.0. The summed E-state index contributed by atoms with van der Waals surface area (Å²) in [6, 6.07) is 3.87. The Kier molecular flexibility index (Phi) is 4.26. The molecule has 28 heavy (non-hydrogen) atoms. The molecule has 2 aromatic carbocycles. The van der Waals surface area contributed by atoms with Crippen molar-refractivity contribution < 1.29 is 46.3 Å². The lowest BCUT2D eigenvalue weighted by atomic mass is 9.79. The maximum absolute atomic E-state index is 14.9. The molecule has 0 bridgehead atoms. The smallest absolute Gasteiger partial charge is 0.382 e. The molecule has 7 nitrogen and oxygen atoms in total. The second-order valence-electron chi connectivity index (χ2n) is 6.18. The summed E-state index contributed by atoms with van der Waals surface area (Å²) in [7, 11) is 0. The Labute approximate surface area is 160 Å². The molecule has 0 aliphatic carbocycles. The highest BCUT2D eigenvalue weighted by atomic mass is 19.2. The Morgan fingerprint density at radius 3 is 2.07 bits per heavy atom. The minimum atomic E-state index is -4.83. The summed E-state index contributed by atoms with van der Waals surface area (Å²) in [5, 5.41) is 40.5. The Morgan fingerprint density at radius 2 is 1.54 bits per heavy atom. The van der Waals surface area contributed by atoms with Gasteiger partial charge in [0.2, 0.25) is 11.4 Å². The number of halogens is 2. The van der Waals surface area contributed by atoms with Gasteiger partial charge in [-0.25, -0.2) is 0 Å². The summed E-state index contributed by atoms with van der Waals surface area (Å²) >= 11 is 0. The van der Waals surface area contributed by atoms with Crippen LogP contribution < -0.4 is 0 Å². The third-order valence-electron chi connectivity index (χ3n) is 4.44. The number of ketones is 2. The van der Waals surface area contributed by atoms with Crippen molar-refractivity contribution in [2.75, 3.05) is 0 Å². The molecular formula is C19H16F2O7. The van der Waals surface area contributed by atoms with Gasteiger partial charge in [0.25, 0.3) is 0 Å². The second-order valence-corrected chi connectivity index (χ2v) is 6.18. The topological polar surface area (TPSA) is 124 Å². The maximum atomic E-state index is 14.9. The Morgan fingerprint density at radius 1 is 1.00 bits per heavy atom. The van der Waals surface area contributed by atoms with E-state index in [0.717, 1.165) is 18.2 Å². The van der Waals surface area contributed by atoms with Crippen LogP contribution in [0.2, 0.25) is 0 Å². The van der Waals surface area contributed by atoms with E-state index in [0.29, 0.717) is 0 Å². The van der Waals surface area contributed by atoms with Crippen LogP contribution >= 0.6 is 0 Å². The highest BCUT2D eigenvalue weighted by Crippen LogP contribution is 2.50. The van der Waals surface area contributed by atoms with E-state index >= 15 is 0 Å². The number of aliphatic hydroxyl groups is 4. The predicted octanol–water partition coefficient (Wildman–Crippen LogP) is 0.517. The average Bonchev–Trinajstić information content (AvgIpc) is 2.84. The van der Waals surface area contributed by atoms with E-state index in [1.54, 1.807) is 0 Å². The summed E-state index contributed by atoms with van der Waals surface area (Å²) in [5.74, 6) is -8.02. The molecule has 1 fully saturated rings. The zero-order valence-electron chi connectivity index (χ0n) is 16.0. The van der Waals surface area contributed by atoms with Crippen molar-refractivity contribution in [2.45, 2.75) is 29.7 Å². The molecule has 1 heterocycles. The summed E-state index contributed by atoms with van der Waals surface area (Å²) in [5.41, 5.74) is -5.18. The first kappa shape index (κ1) is 17.5. The van der Waals surface area contributed by atoms with Crippen LogP contribution in [0, 0.1) is 0 Å². The van der Waals surface area contributed by atoms with Crippen LogP contribution in [0.4, 0.5) is 8.78 Å². The van der Waals surface area contributed by atoms with Crippen molar-refractivity contribution in [3.8, 4) is 0 Å². The Bertz CT molecular complexity index is 1010. The third-order valence-corrected chi connectivity index (χ3v) is 4.44. The quantitative estimate of drug-likeness (QED) is 0.543. The molecule has 0 saturated carbocycles. The van der Waals surface area contributed by atoms with Gasteiger partial charge in [0.15, 0.2) is 5.78 Å². The fourth-order valence-electron chi connectivity index (χ4n) is 2.91. The van der Waals surface area contributed by atoms with Gasteiger partial charge in [-0.2, -0.15) is 8.78 Å². The van der Waals surface area contributed by atoms with E-state index in [9.17, 15) is 38.8 Å². The SMILES string of the molecule is [2H]c1ccccc1C(=O)C(O)[C@H]1OC(O)(F)[C@@](O)(F)[C@@]1(O)C(=O)c1ccccc1[2H]. The predicted molar refractivity (Wildman–Crippen MR) is 89.5 cm³/mol. The number of hydrogen-bond acceptors (Lipinski definition) is 7. The van der Waals surface area contributed by atoms with Gasteiger partial charge >= 0.3 is 11.9 Å².